The van der Waals surface area contributed by atoms with Gasteiger partial charge in [-0.2, -0.15) is 0 Å². The number of urea groups is 1. The van der Waals surface area contributed by atoms with Crippen molar-refractivity contribution in [2.75, 3.05) is 20.1 Å². The summed E-state index contributed by atoms with van der Waals surface area (Å²) in [6, 6.07) is 9.87. The van der Waals surface area contributed by atoms with E-state index in [1.165, 1.54) is 0 Å². The molecule has 1 fully saturated rings. The van der Waals surface area contributed by atoms with Crippen LogP contribution in [0.3, 0.4) is 0 Å². The van der Waals surface area contributed by atoms with Crippen molar-refractivity contribution in [1.82, 2.24) is 15.5 Å². The van der Waals surface area contributed by atoms with Crippen molar-refractivity contribution >= 4 is 12.1 Å². The average Bonchev–Trinajstić information content (AvgIpc) is 2.68. The first-order chi connectivity index (χ1) is 13.1. The third-order valence-electron chi connectivity index (χ3n) is 5.05. The van der Waals surface area contributed by atoms with E-state index in [-0.39, 0.29) is 18.2 Å². The highest BCUT2D eigenvalue weighted by Crippen LogP contribution is 2.25. The van der Waals surface area contributed by atoms with Crippen LogP contribution in [-0.2, 0) is 11.3 Å². The largest absolute Gasteiger partial charge is 0.445 e. The van der Waals surface area contributed by atoms with Gasteiger partial charge in [0.05, 0.1) is 0 Å². The van der Waals surface area contributed by atoms with Crippen LogP contribution in [0.25, 0.3) is 0 Å². The summed E-state index contributed by atoms with van der Waals surface area (Å²) in [6.07, 6.45) is 5.73. The fraction of sp³-hybridized carbons (Fsp3) is 0.619. The Balaban J connectivity index is 1.62. The fourth-order valence-electron chi connectivity index (χ4n) is 3.40. The lowest BCUT2D eigenvalue weighted by molar-refractivity contribution is 0.0958. The molecule has 0 saturated heterocycles. The topological polar surface area (TPSA) is 70.7 Å². The Kier molecular flexibility index (Phi) is 8.95. The summed E-state index contributed by atoms with van der Waals surface area (Å²) < 4.78 is 5.37. The first kappa shape index (κ1) is 21.1. The van der Waals surface area contributed by atoms with Crippen LogP contribution in [0.4, 0.5) is 9.59 Å². The fourth-order valence-corrected chi connectivity index (χ4v) is 3.40. The van der Waals surface area contributed by atoms with E-state index in [0.717, 1.165) is 50.6 Å². The number of ether oxygens (including phenoxy) is 1. The number of benzene rings is 1. The number of nitrogens with zero attached hydrogens (tertiary/aromatic N) is 1. The molecule has 150 valence electrons. The average molecular weight is 376 g/mol. The molecule has 0 radical (unpaired) electrons. The minimum Gasteiger partial charge on any atom is -0.445 e. The summed E-state index contributed by atoms with van der Waals surface area (Å²) >= 11 is 0. The highest BCUT2D eigenvalue weighted by molar-refractivity contribution is 5.74. The van der Waals surface area contributed by atoms with E-state index in [2.05, 4.69) is 17.6 Å². The van der Waals surface area contributed by atoms with E-state index < -0.39 is 0 Å². The molecule has 0 atom stereocenters. The Morgan fingerprint density at radius 3 is 2.52 bits per heavy atom. The molecule has 3 amide bonds. The van der Waals surface area contributed by atoms with Gasteiger partial charge in [0.2, 0.25) is 0 Å². The van der Waals surface area contributed by atoms with Crippen LogP contribution in [0.1, 0.15) is 51.0 Å². The van der Waals surface area contributed by atoms with Crippen LogP contribution in [-0.4, -0.2) is 43.2 Å². The first-order valence-corrected chi connectivity index (χ1v) is 10.0. The molecule has 1 aliphatic carbocycles. The van der Waals surface area contributed by atoms with Crippen LogP contribution < -0.4 is 10.6 Å². The number of carbonyl (C=O) groups excluding carboxylic acids is 2. The van der Waals surface area contributed by atoms with Crippen molar-refractivity contribution in [3.63, 3.8) is 0 Å². The summed E-state index contributed by atoms with van der Waals surface area (Å²) in [7, 11) is 1.79. The van der Waals surface area contributed by atoms with Crippen LogP contribution >= 0.6 is 0 Å². The van der Waals surface area contributed by atoms with E-state index in [4.69, 9.17) is 4.74 Å². The van der Waals surface area contributed by atoms with E-state index in [1.54, 1.807) is 11.9 Å². The van der Waals surface area contributed by atoms with Gasteiger partial charge in [-0.3, -0.25) is 0 Å². The first-order valence-electron chi connectivity index (χ1n) is 10.0. The van der Waals surface area contributed by atoms with E-state index in [9.17, 15) is 9.59 Å². The van der Waals surface area contributed by atoms with Crippen LogP contribution in [0, 0.1) is 5.92 Å². The number of amides is 3. The Hall–Kier alpha value is -2.24. The lowest BCUT2D eigenvalue weighted by Gasteiger charge is -2.31. The SMILES string of the molecule is CCCCNC(=O)NC1CCC(CN(C)C(=O)OCc2ccccc2)CC1. The van der Waals surface area contributed by atoms with E-state index in [1.807, 2.05) is 30.3 Å². The molecule has 0 heterocycles. The maximum Gasteiger partial charge on any atom is 0.409 e. The maximum atomic E-state index is 12.2. The number of nitrogens with one attached hydrogen (secondary N) is 2. The summed E-state index contributed by atoms with van der Waals surface area (Å²) in [4.78, 5) is 25.7. The minimum absolute atomic E-state index is 0.0616. The predicted octanol–water partition coefficient (Wildman–Crippen LogP) is 3.91. The molecule has 1 aromatic rings. The molecule has 0 bridgehead atoms. The Morgan fingerprint density at radius 2 is 1.85 bits per heavy atom. The third kappa shape index (κ3) is 7.89. The van der Waals surface area contributed by atoms with Crippen LogP contribution in [0.15, 0.2) is 30.3 Å². The monoisotopic (exact) mass is 375 g/mol. The maximum absolute atomic E-state index is 12.2. The van der Waals surface area contributed by atoms with Crippen molar-refractivity contribution in [3.8, 4) is 0 Å². The quantitative estimate of drug-likeness (QED) is 0.677. The molecular weight excluding hydrogens is 342 g/mol. The predicted molar refractivity (Wildman–Crippen MR) is 106 cm³/mol. The molecule has 2 N–H and O–H groups in total. The zero-order valence-electron chi connectivity index (χ0n) is 16.6. The smallest absolute Gasteiger partial charge is 0.409 e. The van der Waals surface area contributed by atoms with Gasteiger partial charge in [0.1, 0.15) is 6.61 Å². The minimum atomic E-state index is -0.283. The Labute approximate surface area is 162 Å². The van der Waals surface area contributed by atoms with Gasteiger partial charge in [-0.05, 0) is 43.6 Å². The summed E-state index contributed by atoms with van der Waals surface area (Å²) in [5, 5.41) is 5.95. The highest BCUT2D eigenvalue weighted by atomic mass is 16.6. The van der Waals surface area contributed by atoms with Gasteiger partial charge >= 0.3 is 12.1 Å². The number of carbonyl (C=O) groups is 2. The normalized spacial score (nSPS) is 19.2. The van der Waals surface area contributed by atoms with E-state index >= 15 is 0 Å². The van der Waals surface area contributed by atoms with Crippen molar-refractivity contribution in [3.05, 3.63) is 35.9 Å². The number of unbranched alkanes of at least 4 members (excludes halogenated alkanes) is 1. The second kappa shape index (κ2) is 11.5. The summed E-state index contributed by atoms with van der Waals surface area (Å²) in [5.41, 5.74) is 0.989. The highest BCUT2D eigenvalue weighted by Gasteiger charge is 2.24. The second-order valence-electron chi connectivity index (χ2n) is 7.39. The lowest BCUT2D eigenvalue weighted by Crippen LogP contribution is -2.44. The third-order valence-corrected chi connectivity index (χ3v) is 5.05. The summed E-state index contributed by atoms with van der Waals surface area (Å²) in [6.45, 7) is 3.83. The lowest BCUT2D eigenvalue weighted by atomic mass is 9.86. The van der Waals surface area contributed by atoms with Crippen LogP contribution in [0.5, 0.6) is 0 Å². The molecule has 0 unspecified atom stereocenters. The van der Waals surface area contributed by atoms with Gasteiger partial charge in [-0.25, -0.2) is 9.59 Å². The van der Waals surface area contributed by atoms with Gasteiger partial charge in [0.25, 0.3) is 0 Å². The molecule has 1 aromatic carbocycles. The Morgan fingerprint density at radius 1 is 1.15 bits per heavy atom. The van der Waals surface area contributed by atoms with E-state index in [0.29, 0.717) is 19.1 Å². The zero-order chi connectivity index (χ0) is 19.5. The Bertz CT molecular complexity index is 571. The molecular formula is C21H33N3O3. The van der Waals surface area contributed by atoms with Crippen molar-refractivity contribution in [2.45, 2.75) is 58.1 Å². The molecule has 6 nitrogen and oxygen atoms in total. The standard InChI is InChI=1S/C21H33N3O3/c1-3-4-14-22-20(25)23-19-12-10-17(11-13-19)15-24(2)21(26)27-16-18-8-6-5-7-9-18/h5-9,17,19H,3-4,10-16H2,1-2H3,(H2,22,23,25). The van der Waals surface area contributed by atoms with Gasteiger partial charge in [0, 0.05) is 26.2 Å². The number of rotatable bonds is 8. The molecule has 1 aliphatic rings. The van der Waals surface area contributed by atoms with Crippen molar-refractivity contribution in [1.29, 1.82) is 0 Å². The molecule has 0 spiro atoms. The second-order valence-corrected chi connectivity index (χ2v) is 7.39. The molecule has 0 aromatic heterocycles. The zero-order valence-corrected chi connectivity index (χ0v) is 16.6. The van der Waals surface area contributed by atoms with Crippen molar-refractivity contribution in [2.24, 2.45) is 5.92 Å². The van der Waals surface area contributed by atoms with Gasteiger partial charge in [-0.1, -0.05) is 43.7 Å². The molecule has 1 saturated carbocycles. The van der Waals surface area contributed by atoms with Gasteiger partial charge < -0.3 is 20.3 Å². The van der Waals surface area contributed by atoms with Gasteiger partial charge in [0.15, 0.2) is 0 Å². The van der Waals surface area contributed by atoms with Gasteiger partial charge in [-0.15, -0.1) is 0 Å². The van der Waals surface area contributed by atoms with Crippen LogP contribution in [0.2, 0.25) is 0 Å². The molecule has 2 rings (SSSR count). The number of hydrogen-bond donors (Lipinski definition) is 2. The molecule has 6 heteroatoms. The summed E-state index contributed by atoms with van der Waals surface area (Å²) in [5.74, 6) is 0.459. The van der Waals surface area contributed by atoms with Crippen molar-refractivity contribution < 1.29 is 14.3 Å². The number of hydrogen-bond acceptors (Lipinski definition) is 3. The molecule has 0 aliphatic heterocycles. The molecule has 27 heavy (non-hydrogen) atoms.